The first-order valence-electron chi connectivity index (χ1n) is 12.6. The Kier molecular flexibility index (Phi) is 9.00. The fourth-order valence-electron chi connectivity index (χ4n) is 7.43. The Morgan fingerprint density at radius 1 is 0.657 bits per heavy atom. The van der Waals surface area contributed by atoms with Crippen LogP contribution in [0.25, 0.3) is 0 Å². The van der Waals surface area contributed by atoms with Crippen molar-refractivity contribution in [2.45, 2.75) is 65.5 Å². The number of aldehydes is 1. The third kappa shape index (κ3) is 4.12. The van der Waals surface area contributed by atoms with Gasteiger partial charge in [0.25, 0.3) is 0 Å². The van der Waals surface area contributed by atoms with E-state index in [9.17, 15) is 4.79 Å². The Morgan fingerprint density at radius 3 is 1.43 bits per heavy atom. The second kappa shape index (κ2) is 10.3. The number of carbonyl (C=O) groups excluding carboxylic acids is 1. The molecule has 3 aromatic rings. The van der Waals surface area contributed by atoms with Crippen molar-refractivity contribution in [1.82, 2.24) is 0 Å². The minimum atomic E-state index is -1.66. The van der Waals surface area contributed by atoms with Crippen LogP contribution in [0.3, 0.4) is 0 Å². The van der Waals surface area contributed by atoms with Crippen LogP contribution in [0.4, 0.5) is 0 Å². The van der Waals surface area contributed by atoms with Crippen molar-refractivity contribution in [2.24, 2.45) is 0 Å². The summed E-state index contributed by atoms with van der Waals surface area (Å²) in [6.07, 6.45) is 0.996. The Labute approximate surface area is 229 Å². The standard InChI is InChI=1S/C22H39OSi6.C5H5.Fe/c1-24(2)26(5,6)29(10,22-17-15-20(19-23)16-18-22)27(7,8)25(3,4)28(24,9)21-13-11-12-14-21;1-2-4-5-3-1;/h11-19H,1-10H3;1-5H;/q2*-1;+2. The van der Waals surface area contributed by atoms with E-state index in [1.54, 1.807) is 10.4 Å². The van der Waals surface area contributed by atoms with E-state index in [0.29, 0.717) is 0 Å². The summed E-state index contributed by atoms with van der Waals surface area (Å²) in [5.41, 5.74) is 0.824. The normalized spacial score (nSPS) is 27.6. The first-order valence-corrected chi connectivity index (χ1v) is 35.6. The van der Waals surface area contributed by atoms with Crippen LogP contribution >= 0.6 is 0 Å². The zero-order valence-corrected chi connectivity index (χ0v) is 30.4. The molecule has 1 fully saturated rings. The van der Waals surface area contributed by atoms with Gasteiger partial charge in [-0.1, -0.05) is 94.9 Å². The number of rotatable bonds is 3. The van der Waals surface area contributed by atoms with Crippen molar-refractivity contribution >= 4 is 59.3 Å². The monoisotopic (exact) mass is 608 g/mol. The van der Waals surface area contributed by atoms with Crippen LogP contribution in [-0.4, -0.2) is 48.9 Å². The molecule has 0 unspecified atom stereocenters. The molecule has 0 radical (unpaired) electrons. The first kappa shape index (κ1) is 30.6. The fraction of sp³-hybridized carbons (Fsp3) is 0.370. The van der Waals surface area contributed by atoms with E-state index in [2.05, 4.69) is 114 Å². The molecule has 190 valence electrons. The molecule has 0 amide bonds. The van der Waals surface area contributed by atoms with Crippen LogP contribution < -0.4 is 10.4 Å². The summed E-state index contributed by atoms with van der Waals surface area (Å²) in [5, 5.41) is 3.47. The van der Waals surface area contributed by atoms with Crippen LogP contribution in [0.5, 0.6) is 0 Å². The summed E-state index contributed by atoms with van der Waals surface area (Å²) in [4.78, 5) is 11.3. The number of hydrogen-bond acceptors (Lipinski definition) is 1. The van der Waals surface area contributed by atoms with Crippen LogP contribution in [0.2, 0.25) is 65.5 Å². The van der Waals surface area contributed by atoms with Gasteiger partial charge in [0.1, 0.15) is 6.29 Å². The Hall–Kier alpha value is -0.589. The van der Waals surface area contributed by atoms with E-state index < -0.39 is 42.7 Å². The summed E-state index contributed by atoms with van der Waals surface area (Å²) in [7, 11) is -9.17. The third-order valence-corrected chi connectivity index (χ3v) is 159. The second-order valence-electron chi connectivity index (χ2n) is 12.6. The SMILES string of the molecule is C[Si]1(C)[Si](C)(C)[Si](C)([c-]2cccc2)[Si](C)(C)[Si](C)(C)[Si]1(C)c1ccc(C=O)cc1.[Fe+2].c1cc[cH-]c1. The van der Waals surface area contributed by atoms with Gasteiger partial charge < -0.3 is 0 Å². The molecule has 4 rings (SSSR count). The molecule has 0 N–H and O–H groups in total. The largest absolute Gasteiger partial charge is 2.00 e. The number of hydrogen-bond donors (Lipinski definition) is 0. The van der Waals surface area contributed by atoms with Gasteiger partial charge in [-0.15, -0.1) is 0 Å². The molecule has 1 nitrogen and oxygen atoms in total. The molecular formula is C27H44FeOSi6. The van der Waals surface area contributed by atoms with Crippen molar-refractivity contribution in [3.63, 3.8) is 0 Å². The smallest absolute Gasteiger partial charge is 0.298 e. The van der Waals surface area contributed by atoms with E-state index >= 15 is 0 Å². The van der Waals surface area contributed by atoms with Crippen molar-refractivity contribution < 1.29 is 21.9 Å². The molecule has 3 aromatic carbocycles. The van der Waals surface area contributed by atoms with E-state index in [4.69, 9.17) is 0 Å². The average molecular weight is 609 g/mol. The topological polar surface area (TPSA) is 17.1 Å². The molecule has 0 saturated carbocycles. The van der Waals surface area contributed by atoms with Gasteiger partial charge in [-0.2, -0.15) is 35.5 Å². The predicted molar refractivity (Wildman–Crippen MR) is 168 cm³/mol. The van der Waals surface area contributed by atoms with Gasteiger partial charge in [-0.05, 0) is 0 Å². The van der Waals surface area contributed by atoms with E-state index in [-0.39, 0.29) is 17.1 Å². The predicted octanol–water partition coefficient (Wildman–Crippen LogP) is 6.21. The van der Waals surface area contributed by atoms with Crippen LogP contribution in [0.1, 0.15) is 10.4 Å². The first-order chi connectivity index (χ1) is 15.6. The fourth-order valence-corrected chi connectivity index (χ4v) is 248. The maximum atomic E-state index is 11.3. The zero-order valence-electron chi connectivity index (χ0n) is 23.3. The molecule has 1 saturated heterocycles. The molecule has 0 aliphatic carbocycles. The molecule has 8 heteroatoms. The molecule has 1 aliphatic rings. The third-order valence-electron chi connectivity index (χ3n) is 11.5. The van der Waals surface area contributed by atoms with Gasteiger partial charge in [-0.25, -0.2) is 24.3 Å². The van der Waals surface area contributed by atoms with Gasteiger partial charge in [0, 0.05) is 41.1 Å². The van der Waals surface area contributed by atoms with Gasteiger partial charge in [0.15, 0.2) is 0 Å². The number of carbonyl (C=O) groups is 1. The second-order valence-corrected chi connectivity index (χ2v) is 82.3. The minimum Gasteiger partial charge on any atom is -0.298 e. The van der Waals surface area contributed by atoms with Crippen LogP contribution in [0.15, 0.2) is 78.9 Å². The summed E-state index contributed by atoms with van der Waals surface area (Å²) in [6, 6.07) is 28.6. The molecule has 35 heavy (non-hydrogen) atoms. The number of benzene rings is 1. The van der Waals surface area contributed by atoms with Crippen LogP contribution in [0, 0.1) is 0 Å². The summed E-state index contributed by atoms with van der Waals surface area (Å²) in [6.45, 7) is 28.2. The van der Waals surface area contributed by atoms with Gasteiger partial charge in [0.2, 0.25) is 0 Å². The molecule has 0 atom stereocenters. The Bertz CT molecular complexity index is 1050. The quantitative estimate of drug-likeness (QED) is 0.196. The molecule has 0 aromatic heterocycles. The van der Waals surface area contributed by atoms with E-state index in [1.165, 1.54) is 0 Å². The van der Waals surface area contributed by atoms with Crippen molar-refractivity contribution in [1.29, 1.82) is 0 Å². The summed E-state index contributed by atoms with van der Waals surface area (Å²) in [5.74, 6) is 0. The van der Waals surface area contributed by atoms with Crippen LogP contribution in [-0.2, 0) is 17.1 Å². The average Bonchev–Trinajstić information content (AvgIpc) is 3.53. The molecule has 0 spiro atoms. The van der Waals surface area contributed by atoms with Crippen molar-refractivity contribution in [2.75, 3.05) is 0 Å². The molecular weight excluding hydrogens is 565 g/mol. The zero-order chi connectivity index (χ0) is 25.6. The van der Waals surface area contributed by atoms with Crippen molar-refractivity contribution in [3.8, 4) is 0 Å². The van der Waals surface area contributed by atoms with E-state index in [1.807, 2.05) is 30.3 Å². The van der Waals surface area contributed by atoms with Gasteiger partial charge in [-0.3, -0.25) is 4.79 Å². The minimum absolute atomic E-state index is 0. The van der Waals surface area contributed by atoms with Gasteiger partial charge in [0.05, 0.1) is 7.11 Å². The van der Waals surface area contributed by atoms with Gasteiger partial charge >= 0.3 is 17.1 Å². The molecule has 0 bridgehead atoms. The Balaban J connectivity index is 0.000000640. The van der Waals surface area contributed by atoms with E-state index in [0.717, 1.165) is 11.8 Å². The van der Waals surface area contributed by atoms with Crippen molar-refractivity contribution in [3.05, 3.63) is 84.4 Å². The molecule has 1 aliphatic heterocycles. The molecule has 1 heterocycles. The maximum Gasteiger partial charge on any atom is 2.00 e. The summed E-state index contributed by atoms with van der Waals surface area (Å²) < 4.78 is 0. The Morgan fingerprint density at radius 2 is 1.09 bits per heavy atom. The summed E-state index contributed by atoms with van der Waals surface area (Å²) >= 11 is 0. The maximum absolute atomic E-state index is 11.3.